The SMILES string of the molecule is CC1(C)OB(c2ccnc(N)c2CC#N)OC1(C)C. The smallest absolute Gasteiger partial charge is 0.399 e. The fourth-order valence-corrected chi connectivity index (χ4v) is 1.99. The second-order valence-electron chi connectivity index (χ2n) is 5.69. The quantitative estimate of drug-likeness (QED) is 0.802. The third-order valence-electron chi connectivity index (χ3n) is 3.89. The maximum absolute atomic E-state index is 8.90. The summed E-state index contributed by atoms with van der Waals surface area (Å²) in [6.07, 6.45) is 1.80. The van der Waals surface area contributed by atoms with Crippen LogP contribution >= 0.6 is 0 Å². The second kappa shape index (κ2) is 4.51. The van der Waals surface area contributed by atoms with E-state index in [2.05, 4.69) is 11.1 Å². The van der Waals surface area contributed by atoms with E-state index in [1.807, 2.05) is 27.7 Å². The van der Waals surface area contributed by atoms with Crippen molar-refractivity contribution in [3.05, 3.63) is 17.8 Å². The number of nitriles is 1. The molecular formula is C13H18BN3O2. The molecule has 100 valence electrons. The maximum atomic E-state index is 8.90. The zero-order valence-electron chi connectivity index (χ0n) is 11.7. The average Bonchev–Trinajstić information content (AvgIpc) is 2.51. The molecule has 1 aliphatic rings. The molecule has 1 aromatic rings. The number of hydrogen-bond donors (Lipinski definition) is 1. The Morgan fingerprint density at radius 2 is 1.89 bits per heavy atom. The predicted molar refractivity (Wildman–Crippen MR) is 73.7 cm³/mol. The number of nitrogens with two attached hydrogens (primary N) is 1. The van der Waals surface area contributed by atoms with E-state index in [1.54, 1.807) is 12.3 Å². The Labute approximate surface area is 113 Å². The molecule has 0 aliphatic carbocycles. The van der Waals surface area contributed by atoms with Crippen molar-refractivity contribution < 1.29 is 9.31 Å². The lowest BCUT2D eigenvalue weighted by molar-refractivity contribution is 0.00578. The van der Waals surface area contributed by atoms with Crippen molar-refractivity contribution >= 4 is 18.4 Å². The largest absolute Gasteiger partial charge is 0.495 e. The molecule has 0 bridgehead atoms. The highest BCUT2D eigenvalue weighted by molar-refractivity contribution is 6.62. The van der Waals surface area contributed by atoms with Crippen LogP contribution in [0, 0.1) is 11.3 Å². The van der Waals surface area contributed by atoms with Crippen LogP contribution in [0.5, 0.6) is 0 Å². The number of rotatable bonds is 2. The standard InChI is InChI=1S/C13H18BN3O2/c1-12(2)13(3,4)19-14(18-12)10-6-8-17-11(16)9(10)5-7-15/h6,8H,5H2,1-4H3,(H2,16,17). The van der Waals surface area contributed by atoms with Gasteiger partial charge in [0, 0.05) is 11.8 Å². The van der Waals surface area contributed by atoms with E-state index in [9.17, 15) is 0 Å². The molecule has 6 heteroatoms. The van der Waals surface area contributed by atoms with Crippen LogP contribution in [-0.4, -0.2) is 23.3 Å². The number of nitrogens with zero attached hydrogens (tertiary/aromatic N) is 2. The van der Waals surface area contributed by atoms with Crippen molar-refractivity contribution in [2.45, 2.75) is 45.3 Å². The summed E-state index contributed by atoms with van der Waals surface area (Å²) in [7, 11) is -0.515. The minimum atomic E-state index is -0.515. The minimum absolute atomic E-state index is 0.194. The third-order valence-corrected chi connectivity index (χ3v) is 3.89. The molecule has 0 saturated carbocycles. The lowest BCUT2D eigenvalue weighted by Crippen LogP contribution is -2.41. The van der Waals surface area contributed by atoms with E-state index in [-0.39, 0.29) is 6.42 Å². The fourth-order valence-electron chi connectivity index (χ4n) is 1.99. The maximum Gasteiger partial charge on any atom is 0.495 e. The number of aromatic nitrogens is 1. The summed E-state index contributed by atoms with van der Waals surface area (Å²) in [6, 6.07) is 3.90. The van der Waals surface area contributed by atoms with Crippen LogP contribution in [-0.2, 0) is 15.7 Å². The van der Waals surface area contributed by atoms with Crippen molar-refractivity contribution in [1.29, 1.82) is 5.26 Å². The summed E-state index contributed by atoms with van der Waals surface area (Å²) in [5, 5.41) is 8.90. The molecule has 0 unspecified atom stereocenters. The Balaban J connectivity index is 2.40. The average molecular weight is 259 g/mol. The van der Waals surface area contributed by atoms with E-state index < -0.39 is 18.3 Å². The van der Waals surface area contributed by atoms with Gasteiger partial charge in [-0.05, 0) is 39.2 Å². The van der Waals surface area contributed by atoms with Crippen molar-refractivity contribution in [3.63, 3.8) is 0 Å². The topological polar surface area (TPSA) is 81.2 Å². The van der Waals surface area contributed by atoms with Crippen molar-refractivity contribution in [1.82, 2.24) is 4.98 Å². The van der Waals surface area contributed by atoms with Crippen molar-refractivity contribution in [2.75, 3.05) is 5.73 Å². The minimum Gasteiger partial charge on any atom is -0.399 e. The molecule has 0 amide bonds. The van der Waals surface area contributed by atoms with Crippen LogP contribution in [0.1, 0.15) is 33.3 Å². The van der Waals surface area contributed by atoms with E-state index in [1.165, 1.54) is 0 Å². The molecule has 0 radical (unpaired) electrons. The molecule has 1 aliphatic heterocycles. The first-order valence-corrected chi connectivity index (χ1v) is 6.24. The van der Waals surface area contributed by atoms with E-state index in [0.29, 0.717) is 11.4 Å². The summed E-state index contributed by atoms with van der Waals surface area (Å²) in [4.78, 5) is 4.02. The van der Waals surface area contributed by atoms with Gasteiger partial charge < -0.3 is 15.0 Å². The molecular weight excluding hydrogens is 241 g/mol. The highest BCUT2D eigenvalue weighted by Gasteiger charge is 2.52. The molecule has 19 heavy (non-hydrogen) atoms. The summed E-state index contributed by atoms with van der Waals surface area (Å²) in [6.45, 7) is 7.95. The Hall–Kier alpha value is -1.58. The highest BCUT2D eigenvalue weighted by atomic mass is 16.7. The van der Waals surface area contributed by atoms with Gasteiger partial charge in [0.2, 0.25) is 0 Å². The van der Waals surface area contributed by atoms with Gasteiger partial charge in [-0.15, -0.1) is 0 Å². The van der Waals surface area contributed by atoms with Gasteiger partial charge in [0.05, 0.1) is 23.7 Å². The van der Waals surface area contributed by atoms with Crippen LogP contribution in [0.25, 0.3) is 0 Å². The van der Waals surface area contributed by atoms with Gasteiger partial charge in [-0.3, -0.25) is 0 Å². The van der Waals surface area contributed by atoms with Gasteiger partial charge in [-0.25, -0.2) is 4.98 Å². The molecule has 0 spiro atoms. The molecule has 1 saturated heterocycles. The molecule has 5 nitrogen and oxygen atoms in total. The van der Waals surface area contributed by atoms with Crippen molar-refractivity contribution in [3.8, 4) is 6.07 Å². The second-order valence-corrected chi connectivity index (χ2v) is 5.69. The Bertz CT molecular complexity index is 521. The molecule has 0 atom stereocenters. The zero-order chi connectivity index (χ0) is 14.3. The van der Waals surface area contributed by atoms with Gasteiger partial charge in [0.25, 0.3) is 0 Å². The molecule has 0 aromatic carbocycles. The third kappa shape index (κ3) is 2.31. The van der Waals surface area contributed by atoms with Gasteiger partial charge in [-0.1, -0.05) is 0 Å². The highest BCUT2D eigenvalue weighted by Crippen LogP contribution is 2.36. The lowest BCUT2D eigenvalue weighted by Gasteiger charge is -2.32. The van der Waals surface area contributed by atoms with E-state index in [4.69, 9.17) is 20.3 Å². The summed E-state index contributed by atoms with van der Waals surface area (Å²) >= 11 is 0. The van der Waals surface area contributed by atoms with Crippen LogP contribution in [0.4, 0.5) is 5.82 Å². The Morgan fingerprint density at radius 3 is 2.42 bits per heavy atom. The van der Waals surface area contributed by atoms with Crippen LogP contribution < -0.4 is 11.2 Å². The Morgan fingerprint density at radius 1 is 1.32 bits per heavy atom. The monoisotopic (exact) mass is 259 g/mol. The van der Waals surface area contributed by atoms with Gasteiger partial charge in [0.1, 0.15) is 5.82 Å². The first-order valence-electron chi connectivity index (χ1n) is 6.24. The van der Waals surface area contributed by atoms with Crippen LogP contribution in [0.3, 0.4) is 0 Å². The number of anilines is 1. The Kier molecular flexibility index (Phi) is 3.29. The predicted octanol–water partition coefficient (Wildman–Crippen LogP) is 1.03. The molecule has 2 N–H and O–H groups in total. The summed E-state index contributed by atoms with van der Waals surface area (Å²) in [5.74, 6) is 0.355. The molecule has 1 fully saturated rings. The van der Waals surface area contributed by atoms with Gasteiger partial charge in [-0.2, -0.15) is 5.26 Å². The van der Waals surface area contributed by atoms with Crippen LogP contribution in [0.2, 0.25) is 0 Å². The normalized spacial score (nSPS) is 20.3. The molecule has 2 heterocycles. The summed E-state index contributed by atoms with van der Waals surface area (Å²) < 4.78 is 12.0. The van der Waals surface area contributed by atoms with Gasteiger partial charge in [0.15, 0.2) is 0 Å². The van der Waals surface area contributed by atoms with E-state index >= 15 is 0 Å². The zero-order valence-corrected chi connectivity index (χ0v) is 11.7. The molecule has 1 aromatic heterocycles. The van der Waals surface area contributed by atoms with Crippen molar-refractivity contribution in [2.24, 2.45) is 0 Å². The summed E-state index contributed by atoms with van der Waals surface area (Å²) in [5.41, 5.74) is 6.47. The lowest BCUT2D eigenvalue weighted by atomic mass is 9.76. The first-order chi connectivity index (χ1) is 8.78. The van der Waals surface area contributed by atoms with Crippen LogP contribution in [0.15, 0.2) is 12.3 Å². The number of pyridine rings is 1. The van der Waals surface area contributed by atoms with Gasteiger partial charge >= 0.3 is 7.12 Å². The molecule has 2 rings (SSSR count). The van der Waals surface area contributed by atoms with E-state index in [0.717, 1.165) is 5.46 Å². The number of hydrogen-bond acceptors (Lipinski definition) is 5. The first kappa shape index (κ1) is 13.8. The number of nitrogen functional groups attached to an aromatic ring is 1. The fraction of sp³-hybridized carbons (Fsp3) is 0.538.